The van der Waals surface area contributed by atoms with Crippen molar-refractivity contribution in [3.05, 3.63) is 47.9 Å². The summed E-state index contributed by atoms with van der Waals surface area (Å²) in [6.45, 7) is 3.52. The van der Waals surface area contributed by atoms with Crippen LogP contribution in [0.3, 0.4) is 0 Å². The molecular formula is C20H25N3O6S. The molecule has 0 saturated carbocycles. The minimum Gasteiger partial charge on any atom is -0.467 e. The van der Waals surface area contributed by atoms with Crippen molar-refractivity contribution in [3.63, 3.8) is 0 Å². The highest BCUT2D eigenvalue weighted by Crippen LogP contribution is 2.28. The van der Waals surface area contributed by atoms with Crippen LogP contribution in [0.5, 0.6) is 0 Å². The second-order valence-corrected chi connectivity index (χ2v) is 8.97. The van der Waals surface area contributed by atoms with Crippen LogP contribution >= 0.6 is 0 Å². The molecule has 2 aliphatic rings. The number of benzene rings is 1. The molecule has 0 unspecified atom stereocenters. The standard InChI is InChI=1S/C20H25N3O6S/c24-20(22-5-10-27-11-6-22)16-3-4-18(21-15-17-2-1-9-29-17)19(14-16)30(25,26)23-7-12-28-13-8-23/h1-4,9,14,21H,5-8,10-13,15H2. The molecule has 9 nitrogen and oxygen atoms in total. The number of carbonyl (C=O) groups is 1. The summed E-state index contributed by atoms with van der Waals surface area (Å²) in [7, 11) is -3.81. The molecule has 1 amide bonds. The van der Waals surface area contributed by atoms with E-state index >= 15 is 0 Å². The summed E-state index contributed by atoms with van der Waals surface area (Å²) in [4.78, 5) is 14.7. The van der Waals surface area contributed by atoms with E-state index in [9.17, 15) is 13.2 Å². The number of nitrogens with zero attached hydrogens (tertiary/aromatic N) is 2. The van der Waals surface area contributed by atoms with Crippen LogP contribution in [0.1, 0.15) is 16.1 Å². The number of furan rings is 1. The highest BCUT2D eigenvalue weighted by atomic mass is 32.2. The van der Waals surface area contributed by atoms with Gasteiger partial charge in [-0.3, -0.25) is 4.79 Å². The van der Waals surface area contributed by atoms with Crippen molar-refractivity contribution < 1.29 is 27.1 Å². The van der Waals surface area contributed by atoms with Gasteiger partial charge >= 0.3 is 0 Å². The van der Waals surface area contributed by atoms with Gasteiger partial charge in [-0.25, -0.2) is 8.42 Å². The Bertz CT molecular complexity index is 964. The van der Waals surface area contributed by atoms with Gasteiger partial charge in [-0.05, 0) is 30.3 Å². The average Bonchev–Trinajstić information content (AvgIpc) is 3.32. The lowest BCUT2D eigenvalue weighted by molar-refractivity contribution is 0.0302. The van der Waals surface area contributed by atoms with E-state index in [1.807, 2.05) is 0 Å². The van der Waals surface area contributed by atoms with E-state index in [4.69, 9.17) is 13.9 Å². The van der Waals surface area contributed by atoms with Gasteiger partial charge in [-0.2, -0.15) is 4.31 Å². The van der Waals surface area contributed by atoms with Crippen molar-refractivity contribution in [2.75, 3.05) is 57.9 Å². The number of hydrogen-bond donors (Lipinski definition) is 1. The van der Waals surface area contributed by atoms with Crippen LogP contribution in [0.25, 0.3) is 0 Å². The molecule has 2 fully saturated rings. The van der Waals surface area contributed by atoms with Gasteiger partial charge in [0.1, 0.15) is 10.7 Å². The monoisotopic (exact) mass is 435 g/mol. The summed E-state index contributed by atoms with van der Waals surface area (Å²) in [5.74, 6) is 0.479. The third-order valence-electron chi connectivity index (χ3n) is 5.15. The maximum atomic E-state index is 13.4. The summed E-state index contributed by atoms with van der Waals surface area (Å²) in [6, 6.07) is 8.34. The molecule has 0 spiro atoms. The van der Waals surface area contributed by atoms with Gasteiger partial charge in [0.05, 0.1) is 44.9 Å². The minimum atomic E-state index is -3.81. The van der Waals surface area contributed by atoms with E-state index in [1.54, 1.807) is 35.4 Å². The zero-order valence-corrected chi connectivity index (χ0v) is 17.4. The number of nitrogens with one attached hydrogen (secondary N) is 1. The van der Waals surface area contributed by atoms with Gasteiger partial charge in [0.15, 0.2) is 0 Å². The molecule has 2 saturated heterocycles. The molecular weight excluding hydrogens is 410 g/mol. The summed E-state index contributed by atoms with van der Waals surface area (Å²) >= 11 is 0. The van der Waals surface area contributed by atoms with Crippen molar-refractivity contribution in [2.24, 2.45) is 0 Å². The second-order valence-electron chi connectivity index (χ2n) is 7.06. The Hall–Kier alpha value is -2.40. The number of morpholine rings is 2. The highest BCUT2D eigenvalue weighted by molar-refractivity contribution is 7.89. The maximum absolute atomic E-state index is 13.4. The topological polar surface area (TPSA) is 101 Å². The summed E-state index contributed by atoms with van der Waals surface area (Å²) < 4.78 is 44.1. The molecule has 1 aromatic heterocycles. The van der Waals surface area contributed by atoms with Crippen molar-refractivity contribution in [3.8, 4) is 0 Å². The minimum absolute atomic E-state index is 0.0788. The normalized spacial score (nSPS) is 18.3. The first-order valence-electron chi connectivity index (χ1n) is 9.91. The van der Waals surface area contributed by atoms with Gasteiger partial charge in [-0.15, -0.1) is 0 Å². The number of anilines is 1. The molecule has 0 atom stereocenters. The summed E-state index contributed by atoms with van der Waals surface area (Å²) in [5.41, 5.74) is 0.767. The molecule has 10 heteroatoms. The number of rotatable bonds is 6. The largest absolute Gasteiger partial charge is 0.467 e. The lowest BCUT2D eigenvalue weighted by Crippen LogP contribution is -2.41. The quantitative estimate of drug-likeness (QED) is 0.732. The fraction of sp³-hybridized carbons (Fsp3) is 0.450. The number of carbonyl (C=O) groups excluding carboxylic acids is 1. The summed E-state index contributed by atoms with van der Waals surface area (Å²) in [5, 5.41) is 3.13. The van der Waals surface area contributed by atoms with Crippen molar-refractivity contribution >= 4 is 21.6 Å². The van der Waals surface area contributed by atoms with E-state index in [-0.39, 0.29) is 23.9 Å². The maximum Gasteiger partial charge on any atom is 0.254 e. The zero-order chi connectivity index (χ0) is 21.0. The Morgan fingerprint density at radius 3 is 2.37 bits per heavy atom. The first-order valence-corrected chi connectivity index (χ1v) is 11.3. The second kappa shape index (κ2) is 9.17. The van der Waals surface area contributed by atoms with Gasteiger partial charge < -0.3 is 24.1 Å². The molecule has 1 N–H and O–H groups in total. The van der Waals surface area contributed by atoms with Gasteiger partial charge in [0, 0.05) is 31.7 Å². The highest BCUT2D eigenvalue weighted by Gasteiger charge is 2.30. The molecule has 2 aromatic rings. The zero-order valence-electron chi connectivity index (χ0n) is 16.6. The molecule has 30 heavy (non-hydrogen) atoms. The van der Waals surface area contributed by atoms with Crippen LogP contribution in [-0.4, -0.2) is 76.1 Å². The van der Waals surface area contributed by atoms with Crippen molar-refractivity contribution in [1.29, 1.82) is 0 Å². The fourth-order valence-electron chi connectivity index (χ4n) is 3.49. The molecule has 0 radical (unpaired) electrons. The van der Waals surface area contributed by atoms with Crippen LogP contribution in [0.4, 0.5) is 5.69 Å². The lowest BCUT2D eigenvalue weighted by atomic mass is 10.1. The first kappa shape index (κ1) is 20.9. The van der Waals surface area contributed by atoms with E-state index in [2.05, 4.69) is 5.32 Å². The van der Waals surface area contributed by atoms with Gasteiger partial charge in [0.25, 0.3) is 5.91 Å². The SMILES string of the molecule is O=C(c1ccc(NCc2ccco2)c(S(=O)(=O)N2CCOCC2)c1)N1CCOCC1. The number of ether oxygens (including phenoxy) is 2. The Morgan fingerprint density at radius 2 is 1.70 bits per heavy atom. The Morgan fingerprint density at radius 1 is 1.00 bits per heavy atom. The Balaban J connectivity index is 1.65. The first-order chi connectivity index (χ1) is 14.6. The average molecular weight is 436 g/mol. The van der Waals surface area contributed by atoms with Crippen LogP contribution < -0.4 is 5.32 Å². The molecule has 0 bridgehead atoms. The lowest BCUT2D eigenvalue weighted by Gasteiger charge is -2.28. The third kappa shape index (κ3) is 4.51. The van der Waals surface area contributed by atoms with Gasteiger partial charge in [-0.1, -0.05) is 0 Å². The van der Waals surface area contributed by atoms with Crippen LogP contribution in [0.2, 0.25) is 0 Å². The molecule has 162 valence electrons. The number of amides is 1. The van der Waals surface area contributed by atoms with Crippen LogP contribution in [0.15, 0.2) is 45.9 Å². The molecule has 3 heterocycles. The smallest absolute Gasteiger partial charge is 0.254 e. The van der Waals surface area contributed by atoms with E-state index < -0.39 is 10.0 Å². The third-order valence-corrected chi connectivity index (χ3v) is 7.09. The number of hydrogen-bond acceptors (Lipinski definition) is 7. The van der Waals surface area contributed by atoms with Crippen molar-refractivity contribution in [2.45, 2.75) is 11.4 Å². The Labute approximate surface area is 175 Å². The molecule has 4 rings (SSSR count). The van der Waals surface area contributed by atoms with E-state index in [0.717, 1.165) is 0 Å². The molecule has 0 aliphatic carbocycles. The van der Waals surface area contributed by atoms with E-state index in [1.165, 1.54) is 10.4 Å². The predicted molar refractivity (Wildman–Crippen MR) is 109 cm³/mol. The van der Waals surface area contributed by atoms with Crippen LogP contribution in [0, 0.1) is 0 Å². The van der Waals surface area contributed by atoms with Crippen molar-refractivity contribution in [1.82, 2.24) is 9.21 Å². The Kier molecular flexibility index (Phi) is 6.38. The fourth-order valence-corrected chi connectivity index (χ4v) is 5.09. The van der Waals surface area contributed by atoms with Gasteiger partial charge in [0.2, 0.25) is 10.0 Å². The number of sulfonamides is 1. The van der Waals surface area contributed by atoms with E-state index in [0.29, 0.717) is 63.1 Å². The summed E-state index contributed by atoms with van der Waals surface area (Å²) in [6.07, 6.45) is 1.56. The molecule has 2 aliphatic heterocycles. The molecule has 1 aromatic carbocycles. The predicted octanol–water partition coefficient (Wildman–Crippen LogP) is 1.39. The van der Waals surface area contributed by atoms with Crippen LogP contribution in [-0.2, 0) is 26.0 Å².